The summed E-state index contributed by atoms with van der Waals surface area (Å²) >= 11 is 11.6. The Morgan fingerprint density at radius 3 is 2.29 bits per heavy atom. The summed E-state index contributed by atoms with van der Waals surface area (Å²) in [5.74, 6) is -0.0693. The normalized spacial score (nSPS) is 15.6. The highest BCUT2D eigenvalue weighted by molar-refractivity contribution is 7.80. The van der Waals surface area contributed by atoms with Gasteiger partial charge in [0.2, 0.25) is 0 Å². The molecule has 3 aromatic carbocycles. The molecule has 5 nitrogen and oxygen atoms in total. The van der Waals surface area contributed by atoms with Crippen LogP contribution in [0.25, 0.3) is 16.9 Å². The van der Waals surface area contributed by atoms with Crippen LogP contribution in [0.15, 0.2) is 102 Å². The van der Waals surface area contributed by atoms with E-state index in [0.29, 0.717) is 21.3 Å². The van der Waals surface area contributed by atoms with Crippen molar-refractivity contribution in [2.45, 2.75) is 13.0 Å². The molecule has 1 aliphatic heterocycles. The van der Waals surface area contributed by atoms with Crippen LogP contribution in [0.4, 0.5) is 0 Å². The smallest absolute Gasteiger partial charge is 0.193 e. The van der Waals surface area contributed by atoms with Crippen LogP contribution in [0.1, 0.15) is 28.9 Å². The summed E-state index contributed by atoms with van der Waals surface area (Å²) in [4.78, 5) is 13.6. The van der Waals surface area contributed by atoms with Gasteiger partial charge in [-0.25, -0.2) is 4.68 Å². The molecule has 0 spiro atoms. The van der Waals surface area contributed by atoms with Crippen LogP contribution in [-0.2, 0) is 0 Å². The summed E-state index contributed by atoms with van der Waals surface area (Å²) in [6.07, 6.45) is 1.95. The zero-order valence-corrected chi connectivity index (χ0v) is 19.9. The third kappa shape index (κ3) is 4.25. The van der Waals surface area contributed by atoms with E-state index in [1.165, 1.54) is 0 Å². The highest BCUT2D eigenvalue weighted by Gasteiger charge is 2.33. The lowest BCUT2D eigenvalue weighted by molar-refractivity contribution is 0.102. The second-order valence-electron chi connectivity index (χ2n) is 7.99. The van der Waals surface area contributed by atoms with E-state index in [-0.39, 0.29) is 5.78 Å². The monoisotopic (exact) mass is 484 g/mol. The molecule has 1 aliphatic rings. The van der Waals surface area contributed by atoms with Gasteiger partial charge in [0.1, 0.15) is 0 Å². The number of allylic oxidation sites excluding steroid dienone is 1. The molecular formula is C27H21ClN4OS. The molecule has 0 bridgehead atoms. The van der Waals surface area contributed by atoms with Crippen LogP contribution in [0.5, 0.6) is 0 Å². The first kappa shape index (κ1) is 22.1. The first-order chi connectivity index (χ1) is 16.5. The number of benzene rings is 3. The predicted octanol–water partition coefficient (Wildman–Crippen LogP) is 5.87. The molecule has 4 aromatic rings. The molecule has 5 rings (SSSR count). The molecule has 0 radical (unpaired) electrons. The fourth-order valence-electron chi connectivity index (χ4n) is 4.12. The summed E-state index contributed by atoms with van der Waals surface area (Å²) in [6, 6.07) is 26.2. The number of hydrogen-bond acceptors (Lipinski definition) is 3. The number of aromatic nitrogens is 2. The molecule has 2 heterocycles. The van der Waals surface area contributed by atoms with Gasteiger partial charge in [-0.05, 0) is 43.4 Å². The van der Waals surface area contributed by atoms with Crippen LogP contribution in [0.3, 0.4) is 0 Å². The Labute approximate surface area is 208 Å². The second-order valence-corrected chi connectivity index (χ2v) is 8.83. The SMILES string of the molecule is CC1=C(C(=O)c2ccccc2)[C@@H](c2cn(-c3ccccc3)nc2-c2ccc(Cl)cc2)NC(=S)N1. The van der Waals surface area contributed by atoms with E-state index in [0.717, 1.165) is 28.2 Å². The quantitative estimate of drug-likeness (QED) is 0.274. The van der Waals surface area contributed by atoms with Gasteiger partial charge in [0.25, 0.3) is 0 Å². The van der Waals surface area contributed by atoms with E-state index in [9.17, 15) is 4.79 Å². The third-order valence-corrected chi connectivity index (χ3v) is 6.21. The first-order valence-electron chi connectivity index (χ1n) is 10.8. The fourth-order valence-corrected chi connectivity index (χ4v) is 4.51. The van der Waals surface area contributed by atoms with Gasteiger partial charge >= 0.3 is 0 Å². The maximum atomic E-state index is 13.6. The Morgan fingerprint density at radius 2 is 1.62 bits per heavy atom. The summed E-state index contributed by atoms with van der Waals surface area (Å²) in [6.45, 7) is 1.87. The van der Waals surface area contributed by atoms with Crippen molar-refractivity contribution >= 4 is 34.7 Å². The summed E-state index contributed by atoms with van der Waals surface area (Å²) in [5, 5.41) is 12.4. The average Bonchev–Trinajstić information content (AvgIpc) is 3.30. The van der Waals surface area contributed by atoms with Gasteiger partial charge in [-0.1, -0.05) is 72.3 Å². The number of nitrogens with zero attached hydrogens (tertiary/aromatic N) is 2. The number of nitrogens with one attached hydrogen (secondary N) is 2. The molecule has 0 amide bonds. The Bertz CT molecular complexity index is 1400. The molecule has 0 saturated heterocycles. The van der Waals surface area contributed by atoms with Gasteiger partial charge in [0.15, 0.2) is 10.9 Å². The molecular weight excluding hydrogens is 464 g/mol. The van der Waals surface area contributed by atoms with E-state index in [4.69, 9.17) is 28.9 Å². The topological polar surface area (TPSA) is 59.0 Å². The van der Waals surface area contributed by atoms with Crippen molar-refractivity contribution in [3.05, 3.63) is 119 Å². The number of thiocarbonyl (C=S) groups is 1. The maximum Gasteiger partial charge on any atom is 0.193 e. The highest BCUT2D eigenvalue weighted by atomic mass is 35.5. The minimum atomic E-state index is -0.482. The van der Waals surface area contributed by atoms with E-state index < -0.39 is 6.04 Å². The molecule has 34 heavy (non-hydrogen) atoms. The van der Waals surface area contributed by atoms with Crippen molar-refractivity contribution in [3.63, 3.8) is 0 Å². The maximum absolute atomic E-state index is 13.6. The number of Topliss-reactive ketones (excluding diaryl/α,β-unsaturated/α-hetero) is 1. The minimum absolute atomic E-state index is 0.0693. The molecule has 0 saturated carbocycles. The zero-order chi connectivity index (χ0) is 23.7. The van der Waals surface area contributed by atoms with Crippen molar-refractivity contribution < 1.29 is 4.79 Å². The van der Waals surface area contributed by atoms with E-state index in [2.05, 4.69) is 10.6 Å². The highest BCUT2D eigenvalue weighted by Crippen LogP contribution is 2.36. The number of rotatable bonds is 5. The first-order valence-corrected chi connectivity index (χ1v) is 11.6. The number of para-hydroxylation sites is 1. The van der Waals surface area contributed by atoms with Crippen molar-refractivity contribution in [2.75, 3.05) is 0 Å². The van der Waals surface area contributed by atoms with Crippen LogP contribution >= 0.6 is 23.8 Å². The number of hydrogen-bond donors (Lipinski definition) is 2. The lowest BCUT2D eigenvalue weighted by Gasteiger charge is -2.30. The number of ketones is 1. The molecule has 7 heteroatoms. The Kier molecular flexibility index (Phi) is 6.01. The molecule has 1 atom stereocenters. The van der Waals surface area contributed by atoms with Gasteiger partial charge in [0, 0.05) is 39.2 Å². The van der Waals surface area contributed by atoms with Crippen molar-refractivity contribution in [1.82, 2.24) is 20.4 Å². The molecule has 1 aromatic heterocycles. The van der Waals surface area contributed by atoms with Crippen LogP contribution < -0.4 is 10.6 Å². The molecule has 0 aliphatic carbocycles. The molecule has 0 fully saturated rings. The van der Waals surface area contributed by atoms with E-state index in [1.54, 1.807) is 0 Å². The Hall–Kier alpha value is -3.74. The van der Waals surface area contributed by atoms with Gasteiger partial charge in [0.05, 0.1) is 17.4 Å². The molecule has 2 N–H and O–H groups in total. The number of carbonyl (C=O) groups excluding carboxylic acids is 1. The van der Waals surface area contributed by atoms with Crippen molar-refractivity contribution in [3.8, 4) is 16.9 Å². The van der Waals surface area contributed by atoms with E-state index >= 15 is 0 Å². The second kappa shape index (κ2) is 9.25. The fraction of sp³-hybridized carbons (Fsp3) is 0.0741. The standard InChI is InChI=1S/C27H21ClN4OS/c1-17-23(26(33)19-8-4-2-5-9-19)25(30-27(34)29-17)22-16-32(21-10-6-3-7-11-21)31-24(22)18-12-14-20(28)15-13-18/h2-16,25H,1H3,(H2,29,30,34)/t25-/m1/s1. The largest absolute Gasteiger partial charge is 0.351 e. The van der Waals surface area contributed by atoms with E-state index in [1.807, 2.05) is 103 Å². The Balaban J connectivity index is 1.69. The predicted molar refractivity (Wildman–Crippen MR) is 139 cm³/mol. The molecule has 0 unspecified atom stereocenters. The zero-order valence-electron chi connectivity index (χ0n) is 18.3. The van der Waals surface area contributed by atoms with Crippen LogP contribution in [0, 0.1) is 0 Å². The van der Waals surface area contributed by atoms with Gasteiger partial charge in [-0.2, -0.15) is 5.10 Å². The van der Waals surface area contributed by atoms with Gasteiger partial charge in [-0.15, -0.1) is 0 Å². The lowest BCUT2D eigenvalue weighted by atomic mass is 9.89. The summed E-state index contributed by atoms with van der Waals surface area (Å²) < 4.78 is 1.83. The third-order valence-electron chi connectivity index (χ3n) is 5.74. The minimum Gasteiger partial charge on any atom is -0.351 e. The lowest BCUT2D eigenvalue weighted by Crippen LogP contribution is -2.45. The average molecular weight is 485 g/mol. The summed E-state index contributed by atoms with van der Waals surface area (Å²) in [5.41, 5.74) is 5.32. The Morgan fingerprint density at radius 1 is 0.971 bits per heavy atom. The molecule has 168 valence electrons. The number of carbonyl (C=O) groups is 1. The van der Waals surface area contributed by atoms with Gasteiger partial charge in [-0.3, -0.25) is 4.79 Å². The van der Waals surface area contributed by atoms with Crippen molar-refractivity contribution in [1.29, 1.82) is 0 Å². The van der Waals surface area contributed by atoms with Crippen molar-refractivity contribution in [2.24, 2.45) is 0 Å². The van der Waals surface area contributed by atoms with Gasteiger partial charge < -0.3 is 10.6 Å². The summed E-state index contributed by atoms with van der Waals surface area (Å²) in [7, 11) is 0. The van der Waals surface area contributed by atoms with Crippen LogP contribution in [-0.4, -0.2) is 20.7 Å². The number of halogens is 1. The van der Waals surface area contributed by atoms with Crippen LogP contribution in [0.2, 0.25) is 5.02 Å².